The van der Waals surface area contributed by atoms with Gasteiger partial charge in [-0.05, 0) is 58.0 Å². The quantitative estimate of drug-likeness (QED) is 0.359. The minimum atomic E-state index is -0.348. The summed E-state index contributed by atoms with van der Waals surface area (Å²) in [5.41, 5.74) is 5.71. The van der Waals surface area contributed by atoms with E-state index in [4.69, 9.17) is 28.1 Å². The van der Waals surface area contributed by atoms with Crippen molar-refractivity contribution in [2.24, 2.45) is 11.8 Å². The standard InChI is InChI=1S/C30H36B2O6/c1-22(2)20-33-29-13-12-27(32-37-16-17-38-32)19-30(29)34-21-23(3)18-25-6-4-5-7-28(25)24-8-10-26(11-9-24)31-35-14-15-36-31/h4-13,19,22-23H,14-18,20-21H2,1-3H3. The van der Waals surface area contributed by atoms with Gasteiger partial charge in [-0.3, -0.25) is 0 Å². The molecule has 3 aromatic carbocycles. The van der Waals surface area contributed by atoms with Crippen molar-refractivity contribution in [2.45, 2.75) is 27.2 Å². The predicted molar refractivity (Wildman–Crippen MR) is 152 cm³/mol. The summed E-state index contributed by atoms with van der Waals surface area (Å²) in [6, 6.07) is 23.0. The molecule has 3 aromatic rings. The molecule has 2 aliphatic rings. The second kappa shape index (κ2) is 12.9. The zero-order valence-corrected chi connectivity index (χ0v) is 22.6. The fourth-order valence-electron chi connectivity index (χ4n) is 4.73. The number of hydrogen-bond acceptors (Lipinski definition) is 6. The van der Waals surface area contributed by atoms with Crippen molar-refractivity contribution >= 4 is 25.2 Å². The lowest BCUT2D eigenvalue weighted by molar-refractivity contribution is 0.224. The Balaban J connectivity index is 1.26. The van der Waals surface area contributed by atoms with Crippen LogP contribution in [0.3, 0.4) is 0 Å². The molecule has 2 aliphatic heterocycles. The van der Waals surface area contributed by atoms with Crippen LogP contribution in [0.25, 0.3) is 11.1 Å². The summed E-state index contributed by atoms with van der Waals surface area (Å²) in [5.74, 6) is 2.20. The van der Waals surface area contributed by atoms with E-state index in [9.17, 15) is 0 Å². The minimum Gasteiger partial charge on any atom is -0.489 e. The second-order valence-corrected chi connectivity index (χ2v) is 10.5. The maximum absolute atomic E-state index is 6.36. The number of benzene rings is 3. The molecule has 2 heterocycles. The van der Waals surface area contributed by atoms with Crippen LogP contribution in [0.15, 0.2) is 66.7 Å². The lowest BCUT2D eigenvalue weighted by Crippen LogP contribution is -2.31. The summed E-state index contributed by atoms with van der Waals surface area (Å²) < 4.78 is 35.1. The Hall–Kier alpha value is -2.77. The van der Waals surface area contributed by atoms with E-state index in [1.165, 1.54) is 16.7 Å². The van der Waals surface area contributed by atoms with Crippen molar-refractivity contribution in [1.29, 1.82) is 0 Å². The Morgan fingerprint density at radius 1 is 0.684 bits per heavy atom. The highest BCUT2D eigenvalue weighted by Gasteiger charge is 2.28. The first-order chi connectivity index (χ1) is 18.6. The number of hydrogen-bond donors (Lipinski definition) is 0. The summed E-state index contributed by atoms with van der Waals surface area (Å²) >= 11 is 0. The van der Waals surface area contributed by atoms with E-state index in [-0.39, 0.29) is 20.2 Å². The highest BCUT2D eigenvalue weighted by atomic mass is 16.6. The Bertz CT molecular complexity index is 1170. The van der Waals surface area contributed by atoms with Crippen molar-refractivity contribution in [2.75, 3.05) is 39.6 Å². The van der Waals surface area contributed by atoms with Crippen LogP contribution in [0.5, 0.6) is 11.5 Å². The molecule has 2 saturated heterocycles. The van der Waals surface area contributed by atoms with Crippen LogP contribution in [0, 0.1) is 11.8 Å². The van der Waals surface area contributed by atoms with E-state index in [2.05, 4.69) is 69.3 Å². The van der Waals surface area contributed by atoms with Gasteiger partial charge in [0.05, 0.1) is 39.6 Å². The predicted octanol–water partition coefficient (Wildman–Crippen LogP) is 4.13. The molecule has 6 nitrogen and oxygen atoms in total. The van der Waals surface area contributed by atoms with E-state index < -0.39 is 0 Å². The molecule has 8 heteroatoms. The first kappa shape index (κ1) is 26.8. The van der Waals surface area contributed by atoms with E-state index in [0.717, 1.165) is 28.8 Å². The second-order valence-electron chi connectivity index (χ2n) is 10.5. The average Bonchev–Trinajstić information content (AvgIpc) is 3.67. The van der Waals surface area contributed by atoms with Gasteiger partial charge in [0.15, 0.2) is 11.5 Å². The molecule has 0 amide bonds. The van der Waals surface area contributed by atoms with Gasteiger partial charge in [-0.15, -0.1) is 0 Å². The SMILES string of the molecule is CC(C)COc1ccc(B2OCCO2)cc1OCC(C)Cc1ccccc1-c1ccc(B2OCCO2)cc1. The molecule has 0 aliphatic carbocycles. The number of rotatable bonds is 11. The highest BCUT2D eigenvalue weighted by Crippen LogP contribution is 2.29. The third-order valence-corrected chi connectivity index (χ3v) is 6.66. The summed E-state index contributed by atoms with van der Waals surface area (Å²) in [4.78, 5) is 0. The summed E-state index contributed by atoms with van der Waals surface area (Å²) in [6.07, 6.45) is 0.892. The van der Waals surface area contributed by atoms with Crippen LogP contribution in [0.2, 0.25) is 0 Å². The molecule has 0 bridgehead atoms. The molecule has 0 saturated carbocycles. The molecule has 0 N–H and O–H groups in total. The van der Waals surface area contributed by atoms with Crippen molar-refractivity contribution in [1.82, 2.24) is 0 Å². The molecule has 198 valence electrons. The summed E-state index contributed by atoms with van der Waals surface area (Å²) in [6.45, 7) is 10.2. The van der Waals surface area contributed by atoms with E-state index in [0.29, 0.717) is 45.6 Å². The van der Waals surface area contributed by atoms with Gasteiger partial charge in [0.1, 0.15) is 0 Å². The smallest absolute Gasteiger partial charge is 0.489 e. The first-order valence-corrected chi connectivity index (χ1v) is 13.6. The van der Waals surface area contributed by atoms with Crippen LogP contribution < -0.4 is 20.4 Å². The molecule has 38 heavy (non-hydrogen) atoms. The largest absolute Gasteiger partial charge is 0.494 e. The number of ether oxygens (including phenoxy) is 2. The Kier molecular flexibility index (Phi) is 9.07. The van der Waals surface area contributed by atoms with Crippen LogP contribution in [0.4, 0.5) is 0 Å². The Morgan fingerprint density at radius 3 is 1.97 bits per heavy atom. The third kappa shape index (κ3) is 6.80. The van der Waals surface area contributed by atoms with Gasteiger partial charge in [0.2, 0.25) is 0 Å². The maximum Gasteiger partial charge on any atom is 0.494 e. The zero-order valence-electron chi connectivity index (χ0n) is 22.6. The van der Waals surface area contributed by atoms with Gasteiger partial charge >= 0.3 is 14.2 Å². The van der Waals surface area contributed by atoms with Crippen LogP contribution in [-0.4, -0.2) is 53.9 Å². The molecule has 1 atom stereocenters. The van der Waals surface area contributed by atoms with Crippen LogP contribution in [-0.2, 0) is 25.0 Å². The van der Waals surface area contributed by atoms with Gasteiger partial charge in [0, 0.05) is 0 Å². The molecular formula is C30H36B2O6. The molecule has 1 unspecified atom stereocenters. The van der Waals surface area contributed by atoms with Crippen LogP contribution in [0.1, 0.15) is 26.3 Å². The van der Waals surface area contributed by atoms with Crippen molar-refractivity contribution in [3.05, 3.63) is 72.3 Å². The Morgan fingerprint density at radius 2 is 1.29 bits per heavy atom. The van der Waals surface area contributed by atoms with Crippen LogP contribution >= 0.6 is 0 Å². The van der Waals surface area contributed by atoms with Gasteiger partial charge in [-0.2, -0.15) is 0 Å². The molecule has 0 spiro atoms. The maximum atomic E-state index is 6.36. The van der Waals surface area contributed by atoms with Gasteiger partial charge < -0.3 is 28.1 Å². The van der Waals surface area contributed by atoms with E-state index >= 15 is 0 Å². The first-order valence-electron chi connectivity index (χ1n) is 13.6. The average molecular weight is 514 g/mol. The zero-order chi connectivity index (χ0) is 26.3. The minimum absolute atomic E-state index is 0.254. The highest BCUT2D eigenvalue weighted by molar-refractivity contribution is 6.62. The fourth-order valence-corrected chi connectivity index (χ4v) is 4.73. The van der Waals surface area contributed by atoms with Crippen molar-refractivity contribution < 1.29 is 28.1 Å². The van der Waals surface area contributed by atoms with Gasteiger partial charge in [-0.25, -0.2) is 0 Å². The third-order valence-electron chi connectivity index (χ3n) is 6.66. The van der Waals surface area contributed by atoms with E-state index in [1.807, 2.05) is 18.2 Å². The normalized spacial score (nSPS) is 16.3. The Labute approximate surface area is 226 Å². The molecule has 0 aromatic heterocycles. The summed E-state index contributed by atoms with van der Waals surface area (Å²) in [7, 11) is -0.602. The lowest BCUT2D eigenvalue weighted by Gasteiger charge is -2.19. The topological polar surface area (TPSA) is 55.4 Å². The lowest BCUT2D eigenvalue weighted by atomic mass is 9.78. The monoisotopic (exact) mass is 514 g/mol. The summed E-state index contributed by atoms with van der Waals surface area (Å²) in [5, 5.41) is 0. The van der Waals surface area contributed by atoms with Gasteiger partial charge in [0.25, 0.3) is 0 Å². The fraction of sp³-hybridized carbons (Fsp3) is 0.400. The molecular weight excluding hydrogens is 478 g/mol. The van der Waals surface area contributed by atoms with Crippen molar-refractivity contribution in [3.8, 4) is 22.6 Å². The van der Waals surface area contributed by atoms with E-state index in [1.54, 1.807) is 0 Å². The molecule has 5 rings (SSSR count). The van der Waals surface area contributed by atoms with Crippen molar-refractivity contribution in [3.63, 3.8) is 0 Å². The van der Waals surface area contributed by atoms with Gasteiger partial charge in [-0.1, -0.05) is 75.4 Å². The molecule has 0 radical (unpaired) electrons. The molecule has 2 fully saturated rings.